The Labute approximate surface area is 121 Å². The van der Waals surface area contributed by atoms with Crippen LogP contribution < -0.4 is 4.74 Å². The van der Waals surface area contributed by atoms with Gasteiger partial charge in [0.1, 0.15) is 11.4 Å². The van der Waals surface area contributed by atoms with Crippen LogP contribution in [0.1, 0.15) is 25.1 Å². The molecule has 2 aromatic rings. The Morgan fingerprint density at radius 1 is 1.37 bits per heavy atom. The number of halogens is 1. The van der Waals surface area contributed by atoms with Crippen molar-refractivity contribution in [1.29, 1.82) is 0 Å². The second-order valence-corrected chi connectivity index (χ2v) is 5.31. The fourth-order valence-electron chi connectivity index (χ4n) is 2.14. The van der Waals surface area contributed by atoms with E-state index in [0.717, 1.165) is 21.5 Å². The van der Waals surface area contributed by atoms with Crippen LogP contribution in [-0.4, -0.2) is 22.0 Å². The summed E-state index contributed by atoms with van der Waals surface area (Å²) in [7, 11) is 1.62. The fraction of sp³-hybridized carbons (Fsp3) is 0.357. The Bertz CT molecular complexity index is 561. The van der Waals surface area contributed by atoms with Crippen molar-refractivity contribution in [3.05, 3.63) is 46.2 Å². The topological polar surface area (TPSA) is 47.3 Å². The first-order chi connectivity index (χ1) is 9.00. The number of nitrogens with zero attached hydrogens (tertiary/aromatic N) is 2. The van der Waals surface area contributed by atoms with Crippen molar-refractivity contribution in [2.24, 2.45) is 0 Å². The van der Waals surface area contributed by atoms with E-state index in [9.17, 15) is 5.11 Å². The molecule has 2 rings (SSSR count). The van der Waals surface area contributed by atoms with Crippen LogP contribution in [0.15, 0.2) is 34.9 Å². The number of aryl methyl sites for hydroxylation is 1. The molecule has 0 spiro atoms. The van der Waals surface area contributed by atoms with Crippen molar-refractivity contribution in [2.75, 3.05) is 7.11 Å². The third kappa shape index (κ3) is 2.53. The molecule has 1 aromatic carbocycles. The number of ether oxygens (including phenoxy) is 1. The Hall–Kier alpha value is -1.33. The van der Waals surface area contributed by atoms with Gasteiger partial charge >= 0.3 is 0 Å². The molecule has 0 radical (unpaired) electrons. The van der Waals surface area contributed by atoms with Crippen LogP contribution in [0, 0.1) is 0 Å². The standard InChI is InChI=1S/C14H17BrN2O2/c1-4-17-13(12(15)9-16-17)14(2,18)10-5-7-11(19-3)8-6-10/h5-9,18H,4H2,1-3H3. The Kier molecular flexibility index (Phi) is 3.96. The molecule has 0 aliphatic rings. The fourth-order valence-corrected chi connectivity index (χ4v) is 2.82. The van der Waals surface area contributed by atoms with Gasteiger partial charge in [0.15, 0.2) is 0 Å². The molecule has 1 heterocycles. The van der Waals surface area contributed by atoms with E-state index in [1.54, 1.807) is 24.9 Å². The lowest BCUT2D eigenvalue weighted by Gasteiger charge is -2.25. The van der Waals surface area contributed by atoms with E-state index in [4.69, 9.17) is 4.74 Å². The molecule has 0 saturated carbocycles. The van der Waals surface area contributed by atoms with Crippen molar-refractivity contribution >= 4 is 15.9 Å². The largest absolute Gasteiger partial charge is 0.497 e. The number of rotatable bonds is 4. The second-order valence-electron chi connectivity index (χ2n) is 4.46. The number of aromatic nitrogens is 2. The summed E-state index contributed by atoms with van der Waals surface area (Å²) in [5, 5.41) is 15.1. The number of hydrogen-bond acceptors (Lipinski definition) is 3. The molecule has 0 fully saturated rings. The van der Waals surface area contributed by atoms with Gasteiger partial charge in [-0.05, 0) is 47.5 Å². The molecule has 1 atom stereocenters. The SMILES string of the molecule is CCn1ncc(Br)c1C(C)(O)c1ccc(OC)cc1. The molecule has 1 N–H and O–H groups in total. The summed E-state index contributed by atoms with van der Waals surface area (Å²) in [6.07, 6.45) is 1.71. The van der Waals surface area contributed by atoms with Crippen LogP contribution in [0.2, 0.25) is 0 Å². The van der Waals surface area contributed by atoms with E-state index in [-0.39, 0.29) is 0 Å². The molecule has 0 aliphatic carbocycles. The highest BCUT2D eigenvalue weighted by Crippen LogP contribution is 2.34. The third-order valence-electron chi connectivity index (χ3n) is 3.21. The minimum absolute atomic E-state index is 0.702. The zero-order valence-corrected chi connectivity index (χ0v) is 12.8. The highest BCUT2D eigenvalue weighted by atomic mass is 79.9. The first kappa shape index (κ1) is 14.1. The molecule has 5 heteroatoms. The Morgan fingerprint density at radius 2 is 2.00 bits per heavy atom. The minimum Gasteiger partial charge on any atom is -0.497 e. The van der Waals surface area contributed by atoms with Gasteiger partial charge in [0.2, 0.25) is 0 Å². The van der Waals surface area contributed by atoms with Crippen molar-refractivity contribution in [3.63, 3.8) is 0 Å². The predicted octanol–water partition coefficient (Wildman–Crippen LogP) is 2.93. The van der Waals surface area contributed by atoms with Crippen molar-refractivity contribution in [3.8, 4) is 5.75 Å². The maximum atomic E-state index is 10.9. The van der Waals surface area contributed by atoms with Gasteiger partial charge in [0.25, 0.3) is 0 Å². The molecule has 4 nitrogen and oxygen atoms in total. The van der Waals surface area contributed by atoms with Crippen molar-refractivity contribution in [2.45, 2.75) is 26.0 Å². The minimum atomic E-state index is -1.11. The van der Waals surface area contributed by atoms with Crippen LogP contribution >= 0.6 is 15.9 Å². The molecule has 1 aromatic heterocycles. The second kappa shape index (κ2) is 5.35. The maximum absolute atomic E-state index is 10.9. The van der Waals surface area contributed by atoms with E-state index in [2.05, 4.69) is 21.0 Å². The van der Waals surface area contributed by atoms with Crippen molar-refractivity contribution < 1.29 is 9.84 Å². The highest BCUT2D eigenvalue weighted by Gasteiger charge is 2.31. The van der Waals surface area contributed by atoms with Crippen LogP contribution in [0.3, 0.4) is 0 Å². The first-order valence-corrected chi connectivity index (χ1v) is 6.88. The van der Waals surface area contributed by atoms with Gasteiger partial charge in [-0.15, -0.1) is 0 Å². The molecule has 0 bridgehead atoms. The molecule has 0 aliphatic heterocycles. The normalized spacial score (nSPS) is 14.2. The quantitative estimate of drug-likeness (QED) is 0.940. The van der Waals surface area contributed by atoms with Crippen LogP contribution in [0.25, 0.3) is 0 Å². The summed E-state index contributed by atoms with van der Waals surface area (Å²) >= 11 is 3.45. The average Bonchev–Trinajstić information content (AvgIpc) is 2.80. The smallest absolute Gasteiger partial charge is 0.129 e. The molecule has 19 heavy (non-hydrogen) atoms. The van der Waals surface area contributed by atoms with E-state index in [1.807, 2.05) is 31.2 Å². The van der Waals surface area contributed by atoms with Gasteiger partial charge in [-0.2, -0.15) is 5.10 Å². The lowest BCUT2D eigenvalue weighted by molar-refractivity contribution is 0.0909. The van der Waals surface area contributed by atoms with Crippen LogP contribution in [0.5, 0.6) is 5.75 Å². The zero-order chi connectivity index (χ0) is 14.0. The van der Waals surface area contributed by atoms with E-state index < -0.39 is 5.60 Å². The third-order valence-corrected chi connectivity index (χ3v) is 3.79. The summed E-state index contributed by atoms with van der Waals surface area (Å²) in [5.41, 5.74) is 0.432. The molecule has 0 saturated heterocycles. The van der Waals surface area contributed by atoms with Gasteiger partial charge in [-0.1, -0.05) is 12.1 Å². The average molecular weight is 325 g/mol. The summed E-state index contributed by atoms with van der Waals surface area (Å²) < 4.78 is 7.72. The molecule has 1 unspecified atom stereocenters. The number of benzene rings is 1. The summed E-state index contributed by atoms with van der Waals surface area (Å²) in [4.78, 5) is 0. The first-order valence-electron chi connectivity index (χ1n) is 6.09. The lowest BCUT2D eigenvalue weighted by Crippen LogP contribution is -2.27. The highest BCUT2D eigenvalue weighted by molar-refractivity contribution is 9.10. The monoisotopic (exact) mass is 324 g/mol. The van der Waals surface area contributed by atoms with E-state index in [1.165, 1.54) is 0 Å². The zero-order valence-electron chi connectivity index (χ0n) is 11.2. The molecular formula is C14H17BrN2O2. The summed E-state index contributed by atoms with van der Waals surface area (Å²) in [6.45, 7) is 4.46. The number of methoxy groups -OCH3 is 1. The van der Waals surface area contributed by atoms with Crippen LogP contribution in [0.4, 0.5) is 0 Å². The van der Waals surface area contributed by atoms with Gasteiger partial charge in [-0.25, -0.2) is 0 Å². The molecule has 0 amide bonds. The maximum Gasteiger partial charge on any atom is 0.129 e. The lowest BCUT2D eigenvalue weighted by atomic mass is 9.92. The number of aliphatic hydroxyl groups is 1. The van der Waals surface area contributed by atoms with E-state index in [0.29, 0.717) is 6.54 Å². The van der Waals surface area contributed by atoms with Gasteiger partial charge in [-0.3, -0.25) is 4.68 Å². The Balaban J connectivity index is 2.48. The summed E-state index contributed by atoms with van der Waals surface area (Å²) in [6, 6.07) is 7.39. The molecular weight excluding hydrogens is 308 g/mol. The molecule has 102 valence electrons. The van der Waals surface area contributed by atoms with Crippen LogP contribution in [-0.2, 0) is 12.1 Å². The van der Waals surface area contributed by atoms with Crippen molar-refractivity contribution in [1.82, 2.24) is 9.78 Å². The van der Waals surface area contributed by atoms with Gasteiger partial charge in [0, 0.05) is 6.54 Å². The predicted molar refractivity (Wildman–Crippen MR) is 77.3 cm³/mol. The summed E-state index contributed by atoms with van der Waals surface area (Å²) in [5.74, 6) is 0.766. The van der Waals surface area contributed by atoms with Gasteiger partial charge in [0.05, 0.1) is 23.5 Å². The van der Waals surface area contributed by atoms with Gasteiger partial charge < -0.3 is 9.84 Å². The Morgan fingerprint density at radius 3 is 2.53 bits per heavy atom. The van der Waals surface area contributed by atoms with E-state index >= 15 is 0 Å². The number of hydrogen-bond donors (Lipinski definition) is 1.